The smallest absolute Gasteiger partial charge is 0.151 e. The lowest BCUT2D eigenvalue weighted by Crippen LogP contribution is -2.27. The lowest BCUT2D eigenvalue weighted by atomic mass is 9.71. The molecule has 0 saturated heterocycles. The number of hydrogen-bond donors (Lipinski definition) is 1. The first kappa shape index (κ1) is 17.3. The zero-order valence-electron chi connectivity index (χ0n) is 15.3. The van der Waals surface area contributed by atoms with Crippen molar-refractivity contribution in [2.45, 2.75) is 36.9 Å². The van der Waals surface area contributed by atoms with E-state index in [1.54, 1.807) is 0 Å². The molecule has 1 fully saturated rings. The number of rotatable bonds is 4. The van der Waals surface area contributed by atoms with Gasteiger partial charge in [-0.2, -0.15) is 0 Å². The van der Waals surface area contributed by atoms with Crippen molar-refractivity contribution in [2.75, 3.05) is 6.26 Å². The van der Waals surface area contributed by atoms with Crippen molar-refractivity contribution < 1.29 is 8.42 Å². The zero-order valence-corrected chi connectivity index (χ0v) is 16.8. The molecule has 0 spiro atoms. The van der Waals surface area contributed by atoms with Crippen LogP contribution in [-0.2, 0) is 27.4 Å². The molecule has 27 heavy (non-hydrogen) atoms. The Kier molecular flexibility index (Phi) is 3.76. The lowest BCUT2D eigenvalue weighted by molar-refractivity contribution is 0.449. The number of hydrogen-bond acceptors (Lipinski definition) is 2. The molecule has 2 aliphatic rings. The van der Waals surface area contributed by atoms with E-state index in [0.717, 1.165) is 34.3 Å². The van der Waals surface area contributed by atoms with Gasteiger partial charge in [-0.1, -0.05) is 35.9 Å². The van der Waals surface area contributed by atoms with Gasteiger partial charge in [0.2, 0.25) is 0 Å². The van der Waals surface area contributed by atoms with E-state index in [4.69, 9.17) is 11.6 Å². The predicted octanol–water partition coefficient (Wildman–Crippen LogP) is 5.01. The van der Waals surface area contributed by atoms with E-state index in [2.05, 4.69) is 29.4 Å². The Morgan fingerprint density at radius 3 is 2.74 bits per heavy atom. The number of nitrogens with one attached hydrogen (secondary N) is 1. The number of aromatic amines is 1. The summed E-state index contributed by atoms with van der Waals surface area (Å²) >= 11 is 6.25. The minimum Gasteiger partial charge on any atom is -0.361 e. The van der Waals surface area contributed by atoms with Crippen molar-refractivity contribution in [1.29, 1.82) is 0 Å². The Morgan fingerprint density at radius 1 is 1.19 bits per heavy atom. The minimum atomic E-state index is -3.09. The fourth-order valence-corrected chi connectivity index (χ4v) is 6.16. The van der Waals surface area contributed by atoms with Crippen LogP contribution in [0.15, 0.2) is 42.6 Å². The van der Waals surface area contributed by atoms with Gasteiger partial charge in [-0.05, 0) is 66.0 Å². The van der Waals surface area contributed by atoms with Gasteiger partial charge in [0.25, 0.3) is 0 Å². The van der Waals surface area contributed by atoms with Gasteiger partial charge in [-0.25, -0.2) is 8.42 Å². The zero-order chi connectivity index (χ0) is 18.8. The topological polar surface area (TPSA) is 49.9 Å². The van der Waals surface area contributed by atoms with E-state index in [0.29, 0.717) is 5.92 Å². The van der Waals surface area contributed by atoms with E-state index in [1.807, 2.05) is 18.2 Å². The van der Waals surface area contributed by atoms with Crippen LogP contribution in [0.4, 0.5) is 0 Å². The van der Waals surface area contributed by atoms with E-state index in [1.165, 1.54) is 35.8 Å². The summed E-state index contributed by atoms with van der Waals surface area (Å²) < 4.78 is 23.7. The van der Waals surface area contributed by atoms with Crippen LogP contribution in [0, 0.1) is 5.92 Å². The predicted molar refractivity (Wildman–Crippen MR) is 110 cm³/mol. The average Bonchev–Trinajstić information content (AvgIpc) is 3.25. The second-order valence-electron chi connectivity index (χ2n) is 8.16. The van der Waals surface area contributed by atoms with Crippen LogP contribution in [0.1, 0.15) is 41.5 Å². The van der Waals surface area contributed by atoms with Crippen molar-refractivity contribution in [3.63, 3.8) is 0 Å². The third-order valence-corrected chi connectivity index (χ3v) is 7.38. The van der Waals surface area contributed by atoms with Crippen molar-refractivity contribution >= 4 is 32.3 Å². The minimum absolute atomic E-state index is 0.0158. The molecule has 5 heteroatoms. The Morgan fingerprint density at radius 2 is 2.00 bits per heavy atom. The van der Waals surface area contributed by atoms with Crippen LogP contribution in [0.25, 0.3) is 10.9 Å². The number of fused-ring (bicyclic) bond motifs is 2. The van der Waals surface area contributed by atoms with Gasteiger partial charge in [0, 0.05) is 33.8 Å². The van der Waals surface area contributed by atoms with Gasteiger partial charge < -0.3 is 4.98 Å². The molecule has 0 bridgehead atoms. The van der Waals surface area contributed by atoms with Gasteiger partial charge in [-0.15, -0.1) is 0 Å². The first-order valence-electron chi connectivity index (χ1n) is 9.44. The van der Waals surface area contributed by atoms with Crippen LogP contribution in [0.5, 0.6) is 0 Å². The number of halogens is 1. The summed E-state index contributed by atoms with van der Waals surface area (Å²) in [6.07, 6.45) is 8.05. The van der Waals surface area contributed by atoms with E-state index >= 15 is 0 Å². The molecule has 0 radical (unpaired) electrons. The molecule has 1 atom stereocenters. The average molecular weight is 400 g/mol. The molecule has 5 rings (SSSR count). The summed E-state index contributed by atoms with van der Waals surface area (Å²) in [4.78, 5) is 3.42. The summed E-state index contributed by atoms with van der Waals surface area (Å²) in [5.41, 5.74) is 5.90. The molecule has 1 heterocycles. The van der Waals surface area contributed by atoms with Gasteiger partial charge in [0.1, 0.15) is 0 Å². The van der Waals surface area contributed by atoms with Crippen LogP contribution in [0.2, 0.25) is 5.02 Å². The van der Waals surface area contributed by atoms with E-state index in [9.17, 15) is 8.42 Å². The molecule has 3 nitrogen and oxygen atoms in total. The summed E-state index contributed by atoms with van der Waals surface area (Å²) in [5.74, 6) is 0.713. The monoisotopic (exact) mass is 399 g/mol. The van der Waals surface area contributed by atoms with Crippen molar-refractivity contribution in [1.82, 2.24) is 4.98 Å². The molecule has 140 valence electrons. The molecule has 1 unspecified atom stereocenters. The molecule has 3 aromatic rings. The molecule has 0 amide bonds. The second-order valence-corrected chi connectivity index (χ2v) is 10.7. The SMILES string of the molecule is CS(=O)(=O)Cc1cccc2c(C3(C4CC4)CCc4cc(Cl)ccc43)c[nH]c12. The van der Waals surface area contributed by atoms with Crippen molar-refractivity contribution in [2.24, 2.45) is 5.92 Å². The Bertz CT molecular complexity index is 1160. The third kappa shape index (κ3) is 2.73. The normalized spacial score (nSPS) is 22.3. The molecule has 1 saturated carbocycles. The molecule has 1 N–H and O–H groups in total. The molecular formula is C22H22ClNO2S. The number of sulfone groups is 1. The third-order valence-electron chi connectivity index (χ3n) is 6.31. The maximum absolute atomic E-state index is 11.9. The number of aryl methyl sites for hydroxylation is 1. The maximum atomic E-state index is 11.9. The second kappa shape index (κ2) is 5.86. The quantitative estimate of drug-likeness (QED) is 0.670. The summed E-state index contributed by atoms with van der Waals surface area (Å²) in [6, 6.07) is 12.4. The maximum Gasteiger partial charge on any atom is 0.151 e. The standard InChI is InChI=1S/C22H22ClNO2S/c1-27(25,26)13-15-3-2-4-18-20(12-24-21(15)18)22(16-5-6-16)10-9-14-11-17(23)7-8-19(14)22/h2-4,7-8,11-12,16,24H,5-6,9-10,13H2,1H3. The highest BCUT2D eigenvalue weighted by Gasteiger charge is 2.51. The summed E-state index contributed by atoms with van der Waals surface area (Å²) in [5, 5.41) is 1.96. The Labute approximate surface area is 164 Å². The highest BCUT2D eigenvalue weighted by molar-refractivity contribution is 7.89. The number of aromatic nitrogens is 1. The van der Waals surface area contributed by atoms with E-state index in [-0.39, 0.29) is 11.2 Å². The van der Waals surface area contributed by atoms with Crippen LogP contribution >= 0.6 is 11.6 Å². The van der Waals surface area contributed by atoms with Gasteiger partial charge in [-0.3, -0.25) is 0 Å². The lowest BCUT2D eigenvalue weighted by Gasteiger charge is -2.31. The van der Waals surface area contributed by atoms with Crippen LogP contribution in [-0.4, -0.2) is 19.7 Å². The Balaban J connectivity index is 1.72. The molecule has 2 aromatic carbocycles. The number of para-hydroxylation sites is 1. The van der Waals surface area contributed by atoms with Gasteiger partial charge >= 0.3 is 0 Å². The molecule has 0 aliphatic heterocycles. The van der Waals surface area contributed by atoms with Crippen LogP contribution < -0.4 is 0 Å². The molecule has 2 aliphatic carbocycles. The fourth-order valence-electron chi connectivity index (χ4n) is 5.16. The highest BCUT2D eigenvalue weighted by atomic mass is 35.5. The first-order chi connectivity index (χ1) is 12.9. The molecular weight excluding hydrogens is 378 g/mol. The first-order valence-corrected chi connectivity index (χ1v) is 11.9. The van der Waals surface area contributed by atoms with Crippen molar-refractivity contribution in [3.05, 3.63) is 69.9 Å². The number of H-pyrrole nitrogens is 1. The Hall–Kier alpha value is -1.78. The number of benzene rings is 2. The largest absolute Gasteiger partial charge is 0.361 e. The summed E-state index contributed by atoms with van der Waals surface area (Å²) in [7, 11) is -3.09. The van der Waals surface area contributed by atoms with Crippen molar-refractivity contribution in [3.8, 4) is 0 Å². The molecule has 1 aromatic heterocycles. The van der Waals surface area contributed by atoms with Crippen LogP contribution in [0.3, 0.4) is 0 Å². The fraction of sp³-hybridized carbons (Fsp3) is 0.364. The van der Waals surface area contributed by atoms with Gasteiger partial charge in [0.05, 0.1) is 5.75 Å². The summed E-state index contributed by atoms with van der Waals surface area (Å²) in [6.45, 7) is 0. The van der Waals surface area contributed by atoms with E-state index < -0.39 is 9.84 Å². The van der Waals surface area contributed by atoms with Gasteiger partial charge in [0.15, 0.2) is 9.84 Å². The highest BCUT2D eigenvalue weighted by Crippen LogP contribution is 2.59.